The van der Waals surface area contributed by atoms with Crippen LogP contribution in [0.5, 0.6) is 0 Å². The van der Waals surface area contributed by atoms with Gasteiger partial charge < -0.3 is 10.6 Å². The lowest BCUT2D eigenvalue weighted by Gasteiger charge is -2.37. The normalized spacial score (nSPS) is 26.3. The molecule has 2 N–H and O–H groups in total. The van der Waals surface area contributed by atoms with Crippen molar-refractivity contribution in [3.8, 4) is 0 Å². The molecule has 2 nitrogen and oxygen atoms in total. The average molecular weight is 252 g/mol. The molecule has 0 bridgehead atoms. The summed E-state index contributed by atoms with van der Waals surface area (Å²) in [5.41, 5.74) is 6.70. The fraction of sp³-hybridized carbons (Fsp3) is 1.00. The van der Waals surface area contributed by atoms with E-state index in [0.29, 0.717) is 0 Å². The minimum absolute atomic E-state index is 0.179. The van der Waals surface area contributed by atoms with Crippen LogP contribution in [0, 0.1) is 5.92 Å². The van der Waals surface area contributed by atoms with Crippen LogP contribution in [-0.4, -0.2) is 30.1 Å². The van der Waals surface area contributed by atoms with Gasteiger partial charge in [-0.05, 0) is 57.7 Å². The monoisotopic (exact) mass is 252 g/mol. The van der Waals surface area contributed by atoms with Crippen molar-refractivity contribution in [2.45, 2.75) is 76.7 Å². The van der Waals surface area contributed by atoms with Crippen molar-refractivity contribution in [3.05, 3.63) is 0 Å². The summed E-state index contributed by atoms with van der Waals surface area (Å²) in [4.78, 5) is 2.66. The highest BCUT2D eigenvalue weighted by atomic mass is 15.1. The third-order valence-corrected chi connectivity index (χ3v) is 5.18. The van der Waals surface area contributed by atoms with Crippen LogP contribution in [0.1, 0.15) is 71.1 Å². The molecule has 1 aliphatic heterocycles. The van der Waals surface area contributed by atoms with Gasteiger partial charge in [0.05, 0.1) is 0 Å². The van der Waals surface area contributed by atoms with Gasteiger partial charge in [-0.25, -0.2) is 0 Å². The van der Waals surface area contributed by atoms with E-state index >= 15 is 0 Å². The second kappa shape index (κ2) is 6.91. The summed E-state index contributed by atoms with van der Waals surface area (Å²) in [7, 11) is 0. The van der Waals surface area contributed by atoms with Crippen LogP contribution in [0.4, 0.5) is 0 Å². The van der Waals surface area contributed by atoms with E-state index in [1.165, 1.54) is 83.8 Å². The van der Waals surface area contributed by atoms with Gasteiger partial charge in [0.1, 0.15) is 0 Å². The summed E-state index contributed by atoms with van der Waals surface area (Å²) < 4.78 is 0. The first kappa shape index (κ1) is 14.3. The van der Waals surface area contributed by atoms with Gasteiger partial charge in [-0.15, -0.1) is 0 Å². The number of nitrogens with two attached hydrogens (primary N) is 1. The highest BCUT2D eigenvalue weighted by Crippen LogP contribution is 2.29. The van der Waals surface area contributed by atoms with Gasteiger partial charge in [0, 0.05) is 5.54 Å². The number of likely N-dealkylation sites (tertiary alicyclic amines) is 1. The van der Waals surface area contributed by atoms with Gasteiger partial charge in [0.2, 0.25) is 0 Å². The number of rotatable bonds is 5. The van der Waals surface area contributed by atoms with E-state index in [9.17, 15) is 0 Å². The molecule has 0 spiro atoms. The number of hydrogen-bond donors (Lipinski definition) is 1. The van der Waals surface area contributed by atoms with E-state index < -0.39 is 0 Å². The Balaban J connectivity index is 1.65. The molecular formula is C16H32N2. The summed E-state index contributed by atoms with van der Waals surface area (Å²) >= 11 is 0. The molecule has 2 rings (SSSR count). The van der Waals surface area contributed by atoms with E-state index in [2.05, 4.69) is 11.8 Å². The van der Waals surface area contributed by atoms with E-state index in [1.807, 2.05) is 0 Å². The van der Waals surface area contributed by atoms with Crippen LogP contribution in [0.3, 0.4) is 0 Å². The Morgan fingerprint density at radius 2 is 1.78 bits per heavy atom. The zero-order valence-electron chi connectivity index (χ0n) is 12.3. The number of piperidine rings is 1. The molecule has 1 saturated heterocycles. The van der Waals surface area contributed by atoms with Crippen molar-refractivity contribution in [1.82, 2.24) is 4.90 Å². The Labute approximate surface area is 113 Å². The van der Waals surface area contributed by atoms with Crippen LogP contribution >= 0.6 is 0 Å². The Morgan fingerprint density at radius 1 is 1.11 bits per heavy atom. The molecule has 0 aromatic carbocycles. The average Bonchev–Trinajstić information content (AvgIpc) is 2.39. The largest absolute Gasteiger partial charge is 0.325 e. The molecule has 0 unspecified atom stereocenters. The first-order valence-corrected chi connectivity index (χ1v) is 8.23. The van der Waals surface area contributed by atoms with Crippen LogP contribution in [0.15, 0.2) is 0 Å². The predicted molar refractivity (Wildman–Crippen MR) is 78.7 cm³/mol. The molecule has 0 radical (unpaired) electrons. The van der Waals surface area contributed by atoms with E-state index in [-0.39, 0.29) is 5.54 Å². The van der Waals surface area contributed by atoms with Crippen LogP contribution < -0.4 is 5.73 Å². The molecular weight excluding hydrogens is 220 g/mol. The zero-order valence-corrected chi connectivity index (χ0v) is 12.3. The molecule has 18 heavy (non-hydrogen) atoms. The van der Waals surface area contributed by atoms with Crippen LogP contribution in [0.2, 0.25) is 0 Å². The van der Waals surface area contributed by atoms with Crippen molar-refractivity contribution < 1.29 is 0 Å². The minimum atomic E-state index is 0.179. The molecule has 1 aliphatic carbocycles. The smallest absolute Gasteiger partial charge is 0.0166 e. The molecule has 2 heteroatoms. The lowest BCUT2D eigenvalue weighted by Crippen LogP contribution is -2.45. The summed E-state index contributed by atoms with van der Waals surface area (Å²) in [6, 6.07) is 0. The Hall–Kier alpha value is -0.0800. The molecule has 2 fully saturated rings. The van der Waals surface area contributed by atoms with Gasteiger partial charge in [-0.2, -0.15) is 0 Å². The second-order valence-corrected chi connectivity index (χ2v) is 6.75. The zero-order chi connectivity index (χ0) is 12.8. The summed E-state index contributed by atoms with van der Waals surface area (Å²) in [6.07, 6.45) is 13.5. The quantitative estimate of drug-likeness (QED) is 0.811. The Bertz CT molecular complexity index is 225. The molecule has 2 aliphatic rings. The van der Waals surface area contributed by atoms with Gasteiger partial charge in [-0.3, -0.25) is 0 Å². The highest BCUT2D eigenvalue weighted by molar-refractivity contribution is 4.88. The second-order valence-electron chi connectivity index (χ2n) is 6.75. The maximum Gasteiger partial charge on any atom is 0.0166 e. The lowest BCUT2D eigenvalue weighted by molar-refractivity contribution is 0.154. The Kier molecular flexibility index (Phi) is 5.50. The van der Waals surface area contributed by atoms with Crippen molar-refractivity contribution >= 4 is 0 Å². The van der Waals surface area contributed by atoms with Gasteiger partial charge in [-0.1, -0.05) is 39.0 Å². The van der Waals surface area contributed by atoms with Crippen molar-refractivity contribution in [2.75, 3.05) is 19.6 Å². The highest BCUT2D eigenvalue weighted by Gasteiger charge is 2.28. The van der Waals surface area contributed by atoms with E-state index in [0.717, 1.165) is 5.92 Å². The number of hydrogen-bond acceptors (Lipinski definition) is 2. The van der Waals surface area contributed by atoms with Crippen molar-refractivity contribution in [1.29, 1.82) is 0 Å². The van der Waals surface area contributed by atoms with Gasteiger partial charge >= 0.3 is 0 Å². The maximum absolute atomic E-state index is 6.52. The topological polar surface area (TPSA) is 29.3 Å². The van der Waals surface area contributed by atoms with Crippen molar-refractivity contribution in [3.63, 3.8) is 0 Å². The number of nitrogens with zero attached hydrogens (tertiary/aromatic N) is 1. The summed E-state index contributed by atoms with van der Waals surface area (Å²) in [5, 5.41) is 0. The first-order chi connectivity index (χ1) is 8.72. The van der Waals surface area contributed by atoms with Crippen LogP contribution in [0.25, 0.3) is 0 Å². The molecule has 0 aromatic rings. The molecule has 0 aromatic heterocycles. The molecule has 0 atom stereocenters. The van der Waals surface area contributed by atoms with E-state index in [1.54, 1.807) is 0 Å². The fourth-order valence-corrected chi connectivity index (χ4v) is 3.79. The predicted octanol–water partition coefficient (Wildman–Crippen LogP) is 3.55. The van der Waals surface area contributed by atoms with Gasteiger partial charge in [0.15, 0.2) is 0 Å². The SMILES string of the molecule is CCCC1CCN(CCC2(N)CCCCC2)CC1. The molecule has 1 saturated carbocycles. The first-order valence-electron chi connectivity index (χ1n) is 8.23. The van der Waals surface area contributed by atoms with E-state index in [4.69, 9.17) is 5.73 Å². The maximum atomic E-state index is 6.52. The molecule has 0 amide bonds. The van der Waals surface area contributed by atoms with Crippen LogP contribution in [-0.2, 0) is 0 Å². The summed E-state index contributed by atoms with van der Waals surface area (Å²) in [5.74, 6) is 1.01. The van der Waals surface area contributed by atoms with Crippen molar-refractivity contribution in [2.24, 2.45) is 11.7 Å². The Morgan fingerprint density at radius 3 is 2.39 bits per heavy atom. The third-order valence-electron chi connectivity index (χ3n) is 5.18. The summed E-state index contributed by atoms with van der Waals surface area (Å²) in [6.45, 7) is 6.20. The molecule has 1 heterocycles. The third kappa shape index (κ3) is 4.24. The molecule has 106 valence electrons. The lowest BCUT2D eigenvalue weighted by atomic mass is 9.80. The van der Waals surface area contributed by atoms with Gasteiger partial charge in [0.25, 0.3) is 0 Å². The standard InChI is InChI=1S/C16H32N2/c1-2-6-15-7-12-18(13-8-15)14-11-16(17)9-4-3-5-10-16/h15H,2-14,17H2,1H3. The minimum Gasteiger partial charge on any atom is -0.325 e. The fourth-order valence-electron chi connectivity index (χ4n) is 3.79.